The van der Waals surface area contributed by atoms with Crippen molar-refractivity contribution in [1.82, 2.24) is 9.63 Å². The van der Waals surface area contributed by atoms with Gasteiger partial charge >= 0.3 is 0 Å². The molecular weight excluding hydrogens is 371 g/mol. The number of pyridine rings is 1. The largest absolute Gasteiger partial charge is 0.490 e. The van der Waals surface area contributed by atoms with E-state index < -0.39 is 6.67 Å². The molecule has 156 valence electrons. The summed E-state index contributed by atoms with van der Waals surface area (Å²) in [7, 11) is 0. The molecule has 0 atom stereocenters. The number of alkyl halides is 1. The average molecular weight is 400 g/mol. The SMILES string of the molecule is O=c1ccc(-c2ccc(OC3CCN(C4CCCC4)CC3)cc2)cn1OCCF. The minimum Gasteiger partial charge on any atom is -0.490 e. The van der Waals surface area contributed by atoms with Gasteiger partial charge in [-0.2, -0.15) is 4.73 Å². The number of benzene rings is 1. The molecule has 1 aromatic heterocycles. The third-order valence-corrected chi connectivity index (χ3v) is 5.99. The zero-order chi connectivity index (χ0) is 20.1. The number of halogens is 1. The lowest BCUT2D eigenvalue weighted by atomic mass is 10.0. The second-order valence-corrected chi connectivity index (χ2v) is 7.92. The van der Waals surface area contributed by atoms with Gasteiger partial charge in [0.1, 0.15) is 25.1 Å². The van der Waals surface area contributed by atoms with Crippen LogP contribution in [0.4, 0.5) is 4.39 Å². The van der Waals surface area contributed by atoms with E-state index in [1.165, 1.54) is 31.7 Å². The van der Waals surface area contributed by atoms with Crippen LogP contribution >= 0.6 is 0 Å². The van der Waals surface area contributed by atoms with Crippen molar-refractivity contribution in [2.45, 2.75) is 50.7 Å². The number of ether oxygens (including phenoxy) is 1. The molecule has 0 N–H and O–H groups in total. The van der Waals surface area contributed by atoms with Gasteiger partial charge in [0.2, 0.25) is 0 Å². The lowest BCUT2D eigenvalue weighted by molar-refractivity contribution is 0.0768. The number of aromatic nitrogens is 1. The molecule has 0 spiro atoms. The summed E-state index contributed by atoms with van der Waals surface area (Å²) in [5.74, 6) is 0.870. The summed E-state index contributed by atoms with van der Waals surface area (Å²) in [6.07, 6.45) is 9.50. The first-order chi connectivity index (χ1) is 14.2. The fraction of sp³-hybridized carbons (Fsp3) is 0.522. The molecule has 0 unspecified atom stereocenters. The van der Waals surface area contributed by atoms with Gasteiger partial charge in [0, 0.05) is 30.8 Å². The average Bonchev–Trinajstić information content (AvgIpc) is 3.29. The number of piperidine rings is 1. The molecule has 1 aromatic carbocycles. The van der Waals surface area contributed by atoms with Crippen molar-refractivity contribution in [3.8, 4) is 16.9 Å². The molecule has 0 radical (unpaired) electrons. The standard InChI is InChI=1S/C23H29FN2O3/c24-13-16-28-26-17-19(7-10-23(26)27)18-5-8-21(9-6-18)29-22-11-14-25(15-12-22)20-3-1-2-4-20/h5-10,17,20,22H,1-4,11-16H2. The Hall–Kier alpha value is -2.34. The van der Waals surface area contributed by atoms with E-state index in [0.717, 1.165) is 53.6 Å². The van der Waals surface area contributed by atoms with E-state index in [1.807, 2.05) is 24.3 Å². The Kier molecular flexibility index (Phi) is 6.49. The van der Waals surface area contributed by atoms with Gasteiger partial charge in [0.05, 0.1) is 6.20 Å². The summed E-state index contributed by atoms with van der Waals surface area (Å²) in [5, 5.41) is 0. The molecule has 0 bridgehead atoms. The number of nitrogens with zero attached hydrogens (tertiary/aromatic N) is 2. The maximum Gasteiger partial charge on any atom is 0.282 e. The maximum atomic E-state index is 12.3. The van der Waals surface area contributed by atoms with Crippen molar-refractivity contribution in [2.75, 3.05) is 26.4 Å². The number of hydrogen-bond acceptors (Lipinski definition) is 4. The molecule has 5 nitrogen and oxygen atoms in total. The van der Waals surface area contributed by atoms with Crippen LogP contribution in [0, 0.1) is 0 Å². The van der Waals surface area contributed by atoms with Gasteiger partial charge in [-0.1, -0.05) is 25.0 Å². The van der Waals surface area contributed by atoms with Crippen LogP contribution in [0.3, 0.4) is 0 Å². The van der Waals surface area contributed by atoms with E-state index in [-0.39, 0.29) is 18.3 Å². The fourth-order valence-corrected chi connectivity index (χ4v) is 4.42. The van der Waals surface area contributed by atoms with Gasteiger partial charge in [-0.15, -0.1) is 0 Å². The second-order valence-electron chi connectivity index (χ2n) is 7.92. The molecular formula is C23H29FN2O3. The third kappa shape index (κ3) is 4.99. The maximum absolute atomic E-state index is 12.3. The Morgan fingerprint density at radius 3 is 2.31 bits per heavy atom. The van der Waals surface area contributed by atoms with Crippen molar-refractivity contribution in [3.05, 3.63) is 52.9 Å². The van der Waals surface area contributed by atoms with Gasteiger partial charge in [-0.05, 0) is 49.4 Å². The van der Waals surface area contributed by atoms with E-state index in [0.29, 0.717) is 0 Å². The first-order valence-corrected chi connectivity index (χ1v) is 10.7. The van der Waals surface area contributed by atoms with Crippen molar-refractivity contribution < 1.29 is 14.0 Å². The molecule has 4 rings (SSSR count). The third-order valence-electron chi connectivity index (χ3n) is 5.99. The fourth-order valence-electron chi connectivity index (χ4n) is 4.42. The summed E-state index contributed by atoms with van der Waals surface area (Å²) >= 11 is 0. The molecule has 6 heteroatoms. The van der Waals surface area contributed by atoms with Gasteiger partial charge in [-0.25, -0.2) is 4.39 Å². The van der Waals surface area contributed by atoms with E-state index in [9.17, 15) is 9.18 Å². The smallest absolute Gasteiger partial charge is 0.282 e. The summed E-state index contributed by atoms with van der Waals surface area (Å²) in [4.78, 5) is 19.6. The topological polar surface area (TPSA) is 43.7 Å². The predicted molar refractivity (Wildman–Crippen MR) is 111 cm³/mol. The number of hydrogen-bond donors (Lipinski definition) is 0. The van der Waals surface area contributed by atoms with Gasteiger partial charge < -0.3 is 14.5 Å². The Morgan fingerprint density at radius 2 is 1.62 bits per heavy atom. The molecule has 2 heterocycles. The minimum absolute atomic E-state index is 0.143. The molecule has 1 aliphatic carbocycles. The Bertz CT molecular complexity index is 838. The van der Waals surface area contributed by atoms with Gasteiger partial charge in [0.15, 0.2) is 0 Å². The van der Waals surface area contributed by atoms with E-state index >= 15 is 0 Å². The summed E-state index contributed by atoms with van der Waals surface area (Å²) < 4.78 is 19.6. The van der Waals surface area contributed by atoms with Crippen molar-refractivity contribution in [1.29, 1.82) is 0 Å². The highest BCUT2D eigenvalue weighted by Crippen LogP contribution is 2.28. The highest BCUT2D eigenvalue weighted by molar-refractivity contribution is 5.63. The normalized spacial score (nSPS) is 18.8. The van der Waals surface area contributed by atoms with Crippen LogP contribution < -0.4 is 15.1 Å². The van der Waals surface area contributed by atoms with Crippen molar-refractivity contribution in [3.63, 3.8) is 0 Å². The highest BCUT2D eigenvalue weighted by atomic mass is 19.1. The van der Waals surface area contributed by atoms with Crippen LogP contribution in [0.15, 0.2) is 47.4 Å². The summed E-state index contributed by atoms with van der Waals surface area (Å²) in [5.41, 5.74) is 1.47. The van der Waals surface area contributed by atoms with Gasteiger partial charge in [0.25, 0.3) is 5.56 Å². The Balaban J connectivity index is 1.34. The molecule has 29 heavy (non-hydrogen) atoms. The molecule has 2 aromatic rings. The molecule has 1 saturated heterocycles. The quantitative estimate of drug-likeness (QED) is 0.711. The van der Waals surface area contributed by atoms with E-state index in [2.05, 4.69) is 4.90 Å². The highest BCUT2D eigenvalue weighted by Gasteiger charge is 2.27. The lowest BCUT2D eigenvalue weighted by Gasteiger charge is -2.36. The zero-order valence-electron chi connectivity index (χ0n) is 16.8. The van der Waals surface area contributed by atoms with Crippen LogP contribution in [0.2, 0.25) is 0 Å². The number of rotatable bonds is 7. The first kappa shape index (κ1) is 20.0. The van der Waals surface area contributed by atoms with Crippen LogP contribution in [-0.2, 0) is 0 Å². The number of likely N-dealkylation sites (tertiary alicyclic amines) is 1. The molecule has 1 aliphatic heterocycles. The lowest BCUT2D eigenvalue weighted by Crippen LogP contribution is -2.43. The molecule has 2 aliphatic rings. The zero-order valence-corrected chi connectivity index (χ0v) is 16.8. The Morgan fingerprint density at radius 1 is 0.931 bits per heavy atom. The predicted octanol–water partition coefficient (Wildman–Crippen LogP) is 3.70. The monoisotopic (exact) mass is 400 g/mol. The second kappa shape index (κ2) is 9.44. The molecule has 0 amide bonds. The molecule has 2 fully saturated rings. The van der Waals surface area contributed by atoms with Gasteiger partial charge in [-0.3, -0.25) is 4.79 Å². The summed E-state index contributed by atoms with van der Waals surface area (Å²) in [6.45, 7) is 1.49. The van der Waals surface area contributed by atoms with Crippen LogP contribution in [-0.4, -0.2) is 48.1 Å². The van der Waals surface area contributed by atoms with Crippen LogP contribution in [0.1, 0.15) is 38.5 Å². The van der Waals surface area contributed by atoms with E-state index in [1.54, 1.807) is 12.3 Å². The molecule has 1 saturated carbocycles. The van der Waals surface area contributed by atoms with Crippen LogP contribution in [0.25, 0.3) is 11.1 Å². The van der Waals surface area contributed by atoms with Crippen LogP contribution in [0.5, 0.6) is 5.75 Å². The summed E-state index contributed by atoms with van der Waals surface area (Å²) in [6, 6.07) is 11.9. The Labute approximate surface area is 171 Å². The van der Waals surface area contributed by atoms with Crippen molar-refractivity contribution in [2.24, 2.45) is 0 Å². The van der Waals surface area contributed by atoms with E-state index in [4.69, 9.17) is 9.57 Å². The van der Waals surface area contributed by atoms with Crippen molar-refractivity contribution >= 4 is 0 Å². The first-order valence-electron chi connectivity index (χ1n) is 10.7. The minimum atomic E-state index is -0.637.